The molecule has 0 saturated carbocycles. The van der Waals surface area contributed by atoms with Gasteiger partial charge >= 0.3 is 0 Å². The van der Waals surface area contributed by atoms with Crippen molar-refractivity contribution >= 4 is 0 Å². The zero-order valence-corrected chi connectivity index (χ0v) is 15.6. The Hall–Kier alpha value is -3.35. The molecular weight excluding hydrogens is 346 g/mol. The van der Waals surface area contributed by atoms with Crippen LogP contribution in [0, 0.1) is 13.8 Å². The molecule has 2 N–H and O–H groups in total. The van der Waals surface area contributed by atoms with E-state index in [2.05, 4.69) is 4.98 Å². The molecule has 0 spiro atoms. The van der Waals surface area contributed by atoms with Gasteiger partial charge in [0, 0.05) is 37.9 Å². The Bertz CT molecular complexity index is 1060. The average molecular weight is 367 g/mol. The second-order valence-electron chi connectivity index (χ2n) is 6.61. The Balaban J connectivity index is 2.46. The molecular formula is C20H21N3O4. The lowest BCUT2D eigenvalue weighted by molar-refractivity contribution is 0.451. The first-order chi connectivity index (χ1) is 12.7. The van der Waals surface area contributed by atoms with Gasteiger partial charge in [0.05, 0.1) is 17.0 Å². The highest BCUT2D eigenvalue weighted by Crippen LogP contribution is 2.37. The third-order valence-corrected chi connectivity index (χ3v) is 4.99. The highest BCUT2D eigenvalue weighted by molar-refractivity contribution is 5.51. The van der Waals surface area contributed by atoms with Crippen molar-refractivity contribution in [3.05, 3.63) is 85.4 Å². The van der Waals surface area contributed by atoms with E-state index in [9.17, 15) is 19.8 Å². The summed E-state index contributed by atoms with van der Waals surface area (Å²) < 4.78 is 2.80. The summed E-state index contributed by atoms with van der Waals surface area (Å²) in [4.78, 5) is 29.9. The molecule has 0 bridgehead atoms. The quantitative estimate of drug-likeness (QED) is 0.734. The second kappa shape index (κ2) is 6.75. The molecule has 0 aliphatic rings. The molecule has 7 heteroatoms. The fourth-order valence-electron chi connectivity index (χ4n) is 3.22. The number of nitrogens with zero attached hydrogens (tertiary/aromatic N) is 3. The summed E-state index contributed by atoms with van der Waals surface area (Å²) >= 11 is 0. The molecule has 0 saturated heterocycles. The molecule has 3 heterocycles. The van der Waals surface area contributed by atoms with Crippen LogP contribution in [0.2, 0.25) is 0 Å². The highest BCUT2D eigenvalue weighted by Gasteiger charge is 2.30. The van der Waals surface area contributed by atoms with Crippen LogP contribution in [0.3, 0.4) is 0 Å². The number of hydrogen-bond acceptors (Lipinski definition) is 5. The number of aromatic nitrogens is 3. The SMILES string of the molecule is Cc1cc(O)c(C(c2ccncc2)c2c(O)cc(C)n(C)c2=O)c(=O)n1C. The predicted molar refractivity (Wildman–Crippen MR) is 101 cm³/mol. The summed E-state index contributed by atoms with van der Waals surface area (Å²) in [5.74, 6) is -1.38. The maximum absolute atomic E-state index is 13.0. The van der Waals surface area contributed by atoms with Crippen LogP contribution < -0.4 is 11.1 Å². The van der Waals surface area contributed by atoms with Crippen LogP contribution in [0.15, 0.2) is 46.2 Å². The molecule has 0 atom stereocenters. The van der Waals surface area contributed by atoms with Gasteiger partial charge in [-0.3, -0.25) is 14.6 Å². The van der Waals surface area contributed by atoms with Gasteiger partial charge in [0.25, 0.3) is 11.1 Å². The largest absolute Gasteiger partial charge is 0.507 e. The monoisotopic (exact) mass is 367 g/mol. The summed E-state index contributed by atoms with van der Waals surface area (Å²) in [6.07, 6.45) is 3.07. The van der Waals surface area contributed by atoms with E-state index < -0.39 is 17.0 Å². The molecule has 0 amide bonds. The molecule has 0 aliphatic carbocycles. The molecule has 0 radical (unpaired) electrons. The summed E-state index contributed by atoms with van der Waals surface area (Å²) in [5.41, 5.74) is 0.924. The first kappa shape index (κ1) is 18.4. The van der Waals surface area contributed by atoms with Crippen LogP contribution in [0.1, 0.15) is 34.0 Å². The Morgan fingerprint density at radius 2 is 1.26 bits per heavy atom. The first-order valence-electron chi connectivity index (χ1n) is 8.43. The minimum absolute atomic E-state index is 0.0329. The number of hydrogen-bond donors (Lipinski definition) is 2. The third kappa shape index (κ3) is 3.01. The lowest BCUT2D eigenvalue weighted by atomic mass is 9.85. The van der Waals surface area contributed by atoms with Crippen LogP contribution in [-0.4, -0.2) is 24.3 Å². The van der Waals surface area contributed by atoms with Crippen LogP contribution in [0.4, 0.5) is 0 Å². The molecule has 0 unspecified atom stereocenters. The van der Waals surface area contributed by atoms with Gasteiger partial charge in [-0.1, -0.05) is 0 Å². The normalized spacial score (nSPS) is 11.1. The minimum atomic E-state index is -0.938. The molecule has 0 aromatic carbocycles. The van der Waals surface area contributed by atoms with Crippen molar-refractivity contribution in [3.8, 4) is 11.5 Å². The van der Waals surface area contributed by atoms with Gasteiger partial charge in [0.1, 0.15) is 11.5 Å². The van der Waals surface area contributed by atoms with Gasteiger partial charge < -0.3 is 19.3 Å². The summed E-state index contributed by atoms with van der Waals surface area (Å²) in [6, 6.07) is 6.26. The summed E-state index contributed by atoms with van der Waals surface area (Å²) in [7, 11) is 3.19. The van der Waals surface area contributed by atoms with Gasteiger partial charge in [-0.05, 0) is 43.7 Å². The van der Waals surface area contributed by atoms with E-state index in [1.165, 1.54) is 33.7 Å². The zero-order valence-electron chi connectivity index (χ0n) is 15.6. The Labute approximate surface area is 155 Å². The van der Waals surface area contributed by atoms with Gasteiger partial charge in [-0.25, -0.2) is 0 Å². The van der Waals surface area contributed by atoms with E-state index in [4.69, 9.17) is 0 Å². The molecule has 3 rings (SSSR count). The van der Waals surface area contributed by atoms with Crippen molar-refractivity contribution in [3.63, 3.8) is 0 Å². The molecule has 3 aromatic rings. The minimum Gasteiger partial charge on any atom is -0.507 e. The van der Waals surface area contributed by atoms with Crippen LogP contribution in [0.5, 0.6) is 11.5 Å². The maximum Gasteiger partial charge on any atom is 0.258 e. The Morgan fingerprint density at radius 3 is 1.67 bits per heavy atom. The zero-order chi connectivity index (χ0) is 19.9. The van der Waals surface area contributed by atoms with Gasteiger partial charge in [0.2, 0.25) is 0 Å². The Kier molecular flexibility index (Phi) is 4.61. The average Bonchev–Trinajstić information content (AvgIpc) is 2.64. The number of pyridine rings is 3. The summed E-state index contributed by atoms with van der Waals surface area (Å²) in [6.45, 7) is 3.41. The fourth-order valence-corrected chi connectivity index (χ4v) is 3.22. The van der Waals surface area contributed by atoms with E-state index in [-0.39, 0.29) is 22.6 Å². The smallest absolute Gasteiger partial charge is 0.258 e. The lowest BCUT2D eigenvalue weighted by Gasteiger charge is -2.21. The number of rotatable bonds is 3. The van der Waals surface area contributed by atoms with E-state index in [1.807, 2.05) is 0 Å². The summed E-state index contributed by atoms with van der Waals surface area (Å²) in [5, 5.41) is 21.2. The number of aromatic hydroxyl groups is 2. The molecule has 0 fully saturated rings. The van der Waals surface area contributed by atoms with Crippen molar-refractivity contribution in [1.29, 1.82) is 0 Å². The van der Waals surface area contributed by atoms with Gasteiger partial charge in [-0.2, -0.15) is 0 Å². The van der Waals surface area contributed by atoms with Gasteiger partial charge in [0.15, 0.2) is 0 Å². The van der Waals surface area contributed by atoms with Crippen molar-refractivity contribution in [1.82, 2.24) is 14.1 Å². The topological polar surface area (TPSA) is 97.4 Å². The second-order valence-corrected chi connectivity index (χ2v) is 6.61. The van der Waals surface area contributed by atoms with Crippen molar-refractivity contribution < 1.29 is 10.2 Å². The first-order valence-corrected chi connectivity index (χ1v) is 8.43. The highest BCUT2D eigenvalue weighted by atomic mass is 16.3. The fraction of sp³-hybridized carbons (Fsp3) is 0.250. The van der Waals surface area contributed by atoms with Gasteiger partial charge in [-0.15, -0.1) is 0 Å². The molecule has 140 valence electrons. The van der Waals surface area contributed by atoms with E-state index >= 15 is 0 Å². The molecule has 7 nitrogen and oxygen atoms in total. The van der Waals surface area contributed by atoms with E-state index in [0.29, 0.717) is 17.0 Å². The van der Waals surface area contributed by atoms with Crippen LogP contribution >= 0.6 is 0 Å². The molecule has 27 heavy (non-hydrogen) atoms. The maximum atomic E-state index is 13.0. The Morgan fingerprint density at radius 1 is 0.852 bits per heavy atom. The lowest BCUT2D eigenvalue weighted by Crippen LogP contribution is -2.30. The van der Waals surface area contributed by atoms with Crippen molar-refractivity contribution in [2.75, 3.05) is 0 Å². The predicted octanol–water partition coefficient (Wildman–Crippen LogP) is 1.69. The molecule has 0 aliphatic heterocycles. The number of aryl methyl sites for hydroxylation is 2. The standard InChI is InChI=1S/C20H21N3O4/c1-11-9-14(24)17(19(26)22(11)3)16(13-5-7-21-8-6-13)18-15(25)10-12(2)23(4)20(18)27/h5-10,16,24-25H,1-4H3. The van der Waals surface area contributed by atoms with Crippen LogP contribution in [0.25, 0.3) is 0 Å². The van der Waals surface area contributed by atoms with Crippen molar-refractivity contribution in [2.24, 2.45) is 14.1 Å². The molecule has 3 aromatic heterocycles. The van der Waals surface area contributed by atoms with E-state index in [0.717, 1.165) is 0 Å². The third-order valence-electron chi connectivity index (χ3n) is 4.99. The van der Waals surface area contributed by atoms with Crippen LogP contribution in [-0.2, 0) is 14.1 Å². The van der Waals surface area contributed by atoms with E-state index in [1.54, 1.807) is 40.1 Å². The van der Waals surface area contributed by atoms with Crippen molar-refractivity contribution in [2.45, 2.75) is 19.8 Å².